The zero-order chi connectivity index (χ0) is 13.8. The van der Waals surface area contributed by atoms with Crippen LogP contribution in [0, 0.1) is 11.8 Å². The van der Waals surface area contributed by atoms with Crippen LogP contribution in [-0.2, 0) is 0 Å². The average Bonchev–Trinajstić information content (AvgIpc) is 2.37. The number of aromatic nitrogens is 2. The molecule has 6 nitrogen and oxygen atoms in total. The lowest BCUT2D eigenvalue weighted by Gasteiger charge is -2.31. The van der Waals surface area contributed by atoms with Gasteiger partial charge in [-0.05, 0) is 31.1 Å². The minimum Gasteiger partial charge on any atom is -0.348 e. The van der Waals surface area contributed by atoms with E-state index in [0.29, 0.717) is 23.3 Å². The summed E-state index contributed by atoms with van der Waals surface area (Å²) in [6, 6.07) is 0.225. The molecule has 104 valence electrons. The summed E-state index contributed by atoms with van der Waals surface area (Å²) >= 11 is 0. The first-order chi connectivity index (χ1) is 9.08. The Bertz CT molecular complexity index is 440. The normalized spacial score (nSPS) is 26.8. The van der Waals surface area contributed by atoms with E-state index in [1.165, 1.54) is 18.8 Å². The van der Waals surface area contributed by atoms with Gasteiger partial charge in [0.2, 0.25) is 0 Å². The molecule has 1 heterocycles. The summed E-state index contributed by atoms with van der Waals surface area (Å²) in [5.41, 5.74) is 2.68. The van der Waals surface area contributed by atoms with Crippen molar-refractivity contribution in [3.8, 4) is 0 Å². The van der Waals surface area contributed by atoms with E-state index in [4.69, 9.17) is 5.84 Å². The topological polar surface area (TPSA) is 92.9 Å². The maximum Gasteiger partial charge on any atom is 0.271 e. The predicted molar refractivity (Wildman–Crippen MR) is 73.3 cm³/mol. The number of carbonyl (C=O) groups excluding carboxylic acids is 1. The van der Waals surface area contributed by atoms with Gasteiger partial charge in [-0.2, -0.15) is 0 Å². The molecule has 0 radical (unpaired) electrons. The van der Waals surface area contributed by atoms with E-state index in [-0.39, 0.29) is 11.9 Å². The summed E-state index contributed by atoms with van der Waals surface area (Å²) < 4.78 is 0. The Hall–Kier alpha value is -1.69. The predicted octanol–water partition coefficient (Wildman–Crippen LogP) is 1.32. The van der Waals surface area contributed by atoms with E-state index in [0.717, 1.165) is 12.8 Å². The Labute approximate surface area is 113 Å². The van der Waals surface area contributed by atoms with Crippen molar-refractivity contribution in [1.29, 1.82) is 0 Å². The van der Waals surface area contributed by atoms with E-state index in [1.807, 2.05) is 0 Å². The Morgan fingerprint density at radius 2 is 1.95 bits per heavy atom. The van der Waals surface area contributed by atoms with E-state index >= 15 is 0 Å². The van der Waals surface area contributed by atoms with Gasteiger partial charge >= 0.3 is 0 Å². The molecule has 2 atom stereocenters. The van der Waals surface area contributed by atoms with Crippen molar-refractivity contribution < 1.29 is 4.79 Å². The van der Waals surface area contributed by atoms with Gasteiger partial charge < -0.3 is 10.7 Å². The van der Waals surface area contributed by atoms with Crippen LogP contribution in [0.25, 0.3) is 0 Å². The molecule has 0 aromatic carbocycles. The van der Waals surface area contributed by atoms with Gasteiger partial charge in [0.15, 0.2) is 5.82 Å². The van der Waals surface area contributed by atoms with Crippen LogP contribution < -0.4 is 16.6 Å². The Kier molecular flexibility index (Phi) is 4.31. The van der Waals surface area contributed by atoms with Crippen molar-refractivity contribution >= 4 is 11.7 Å². The van der Waals surface area contributed by atoms with Gasteiger partial charge in [-0.25, -0.2) is 10.8 Å². The van der Waals surface area contributed by atoms with E-state index in [2.05, 4.69) is 34.6 Å². The van der Waals surface area contributed by atoms with Crippen LogP contribution in [-0.4, -0.2) is 21.9 Å². The molecule has 0 spiro atoms. The van der Waals surface area contributed by atoms with E-state index in [9.17, 15) is 4.79 Å². The van der Waals surface area contributed by atoms with Crippen molar-refractivity contribution in [2.75, 3.05) is 5.43 Å². The minimum atomic E-state index is -0.184. The van der Waals surface area contributed by atoms with Crippen LogP contribution >= 0.6 is 0 Å². The first-order valence-corrected chi connectivity index (χ1v) is 6.68. The summed E-state index contributed by atoms with van der Waals surface area (Å²) in [4.78, 5) is 20.1. The van der Waals surface area contributed by atoms with Crippen LogP contribution in [0.15, 0.2) is 12.4 Å². The first kappa shape index (κ1) is 13.7. The van der Waals surface area contributed by atoms with Gasteiger partial charge in [0.05, 0.1) is 12.4 Å². The number of nitrogens with zero attached hydrogens (tertiary/aromatic N) is 2. The monoisotopic (exact) mass is 263 g/mol. The van der Waals surface area contributed by atoms with Gasteiger partial charge in [-0.1, -0.05) is 13.8 Å². The van der Waals surface area contributed by atoms with Crippen molar-refractivity contribution in [2.45, 2.75) is 39.2 Å². The second-order valence-corrected chi connectivity index (χ2v) is 5.52. The highest BCUT2D eigenvalue weighted by Crippen LogP contribution is 2.28. The number of rotatable bonds is 3. The number of hydrazine groups is 1. The molecule has 0 aliphatic heterocycles. The Balaban J connectivity index is 2.00. The molecule has 1 aliphatic carbocycles. The lowest BCUT2D eigenvalue weighted by Crippen LogP contribution is -2.40. The maximum atomic E-state index is 12.1. The molecule has 0 saturated heterocycles. The number of nitrogen functional groups attached to an aromatic ring is 1. The molecule has 1 saturated carbocycles. The SMILES string of the molecule is CC1CC(C)CC(NC(=O)c2cncc(NN)n2)C1. The van der Waals surface area contributed by atoms with Crippen LogP contribution in [0.1, 0.15) is 43.6 Å². The zero-order valence-electron chi connectivity index (χ0n) is 11.4. The lowest BCUT2D eigenvalue weighted by molar-refractivity contribution is 0.0906. The minimum absolute atomic E-state index is 0.184. The highest BCUT2D eigenvalue weighted by molar-refractivity contribution is 5.92. The molecule has 1 amide bonds. The van der Waals surface area contributed by atoms with Gasteiger partial charge in [0.1, 0.15) is 5.69 Å². The molecule has 2 unspecified atom stereocenters. The average molecular weight is 263 g/mol. The zero-order valence-corrected chi connectivity index (χ0v) is 11.4. The molecule has 1 aromatic rings. The van der Waals surface area contributed by atoms with Crippen molar-refractivity contribution in [2.24, 2.45) is 17.7 Å². The first-order valence-electron chi connectivity index (χ1n) is 6.68. The van der Waals surface area contributed by atoms with Crippen molar-refractivity contribution in [3.63, 3.8) is 0 Å². The fourth-order valence-electron chi connectivity index (χ4n) is 2.87. The van der Waals surface area contributed by atoms with E-state index < -0.39 is 0 Å². The molecular formula is C13H21N5O. The quantitative estimate of drug-likeness (QED) is 0.565. The number of carbonyl (C=O) groups is 1. The third kappa shape index (κ3) is 3.64. The van der Waals surface area contributed by atoms with Gasteiger partial charge in [0, 0.05) is 6.04 Å². The number of hydrogen-bond donors (Lipinski definition) is 3. The van der Waals surface area contributed by atoms with Crippen molar-refractivity contribution in [1.82, 2.24) is 15.3 Å². The van der Waals surface area contributed by atoms with Crippen molar-refractivity contribution in [3.05, 3.63) is 18.1 Å². The third-order valence-corrected chi connectivity index (χ3v) is 3.53. The second-order valence-electron chi connectivity index (χ2n) is 5.52. The largest absolute Gasteiger partial charge is 0.348 e. The molecule has 0 bridgehead atoms. The summed E-state index contributed by atoms with van der Waals surface area (Å²) in [6.07, 6.45) is 6.21. The van der Waals surface area contributed by atoms with Gasteiger partial charge in [0.25, 0.3) is 5.91 Å². The third-order valence-electron chi connectivity index (χ3n) is 3.53. The molecule has 1 aliphatic rings. The summed E-state index contributed by atoms with van der Waals surface area (Å²) in [5.74, 6) is 6.76. The maximum absolute atomic E-state index is 12.1. The Morgan fingerprint density at radius 3 is 2.58 bits per heavy atom. The second kappa shape index (κ2) is 5.97. The van der Waals surface area contributed by atoms with Crippen LogP contribution in [0.4, 0.5) is 5.82 Å². The fourth-order valence-corrected chi connectivity index (χ4v) is 2.87. The molecule has 2 rings (SSSR count). The smallest absolute Gasteiger partial charge is 0.271 e. The number of hydrogen-bond acceptors (Lipinski definition) is 5. The highest BCUT2D eigenvalue weighted by atomic mass is 16.1. The fraction of sp³-hybridized carbons (Fsp3) is 0.615. The van der Waals surface area contributed by atoms with Gasteiger partial charge in [-0.15, -0.1) is 0 Å². The van der Waals surface area contributed by atoms with Crippen LogP contribution in [0.2, 0.25) is 0 Å². The Morgan fingerprint density at radius 1 is 1.26 bits per heavy atom. The lowest BCUT2D eigenvalue weighted by atomic mass is 9.80. The molecular weight excluding hydrogens is 242 g/mol. The van der Waals surface area contributed by atoms with Gasteiger partial charge in [-0.3, -0.25) is 9.78 Å². The van der Waals surface area contributed by atoms with Crippen LogP contribution in [0.3, 0.4) is 0 Å². The number of nitrogens with one attached hydrogen (secondary N) is 2. The van der Waals surface area contributed by atoms with E-state index in [1.54, 1.807) is 0 Å². The molecule has 4 N–H and O–H groups in total. The number of nitrogens with two attached hydrogens (primary N) is 1. The number of anilines is 1. The summed E-state index contributed by atoms with van der Waals surface area (Å²) in [6.45, 7) is 4.46. The molecule has 6 heteroatoms. The number of amides is 1. The molecule has 1 fully saturated rings. The van der Waals surface area contributed by atoms with Crippen LogP contribution in [0.5, 0.6) is 0 Å². The molecule has 19 heavy (non-hydrogen) atoms. The standard InChI is InChI=1S/C13H21N5O/c1-8-3-9(2)5-10(4-8)16-13(19)11-6-15-7-12(17-11)18-14/h6-10H,3-5,14H2,1-2H3,(H,16,19)(H,17,18). The summed E-state index contributed by atoms with van der Waals surface area (Å²) in [7, 11) is 0. The highest BCUT2D eigenvalue weighted by Gasteiger charge is 2.25. The molecule has 1 aromatic heterocycles. The summed E-state index contributed by atoms with van der Waals surface area (Å²) in [5, 5.41) is 3.04.